The van der Waals surface area contributed by atoms with Gasteiger partial charge >= 0.3 is 6.09 Å². The number of nitrogens with zero attached hydrogens (tertiary/aromatic N) is 2. The van der Waals surface area contributed by atoms with Crippen LogP contribution in [-0.2, 0) is 40.3 Å². The second kappa shape index (κ2) is 17.6. The molecule has 4 aliphatic carbocycles. The highest BCUT2D eigenvalue weighted by molar-refractivity contribution is 7.91. The van der Waals surface area contributed by atoms with Gasteiger partial charge in [-0.15, -0.1) is 6.58 Å². The van der Waals surface area contributed by atoms with Crippen LogP contribution < -0.4 is 30.1 Å². The molecular formula is C48H64N6O10S. The van der Waals surface area contributed by atoms with Crippen molar-refractivity contribution in [2.45, 2.75) is 169 Å². The van der Waals surface area contributed by atoms with Gasteiger partial charge in [-0.1, -0.05) is 50.3 Å². The molecule has 3 saturated heterocycles. The zero-order chi connectivity index (χ0) is 45.1. The Hall–Kier alpha value is -4.48. The van der Waals surface area contributed by atoms with Crippen molar-refractivity contribution in [3.05, 3.63) is 42.5 Å². The molecule has 1 aromatic heterocycles. The minimum absolute atomic E-state index is 0.000174. The molecule has 17 heteroatoms. The van der Waals surface area contributed by atoms with Gasteiger partial charge in [-0.05, 0) is 88.7 Å². The number of benzene rings is 1. The molecule has 0 spiro atoms. The SMILES string of the molecule is C=CC1CC1(NC(=O)C1CC2CN1C(=O)C(C1CCCCC1)NC(=O)OC1CC1CCCCCc1c(nc3ccccc3c1OC1CC3COCC(C1)N3)O2)C(=O)NS(=O)(=O)C1(C)CC1. The fraction of sp³-hybridized carbons (Fsp3) is 0.688. The number of carbonyl (C=O) groups excluding carboxylic acids is 4. The lowest BCUT2D eigenvalue weighted by molar-refractivity contribution is -0.142. The van der Waals surface area contributed by atoms with Gasteiger partial charge in [-0.3, -0.25) is 19.1 Å². The third kappa shape index (κ3) is 9.05. The molecule has 16 nitrogen and oxygen atoms in total. The topological polar surface area (TPSA) is 204 Å². The lowest BCUT2D eigenvalue weighted by Crippen LogP contribution is -2.59. The number of hydrogen-bond donors (Lipinski definition) is 4. The number of rotatable bonds is 9. The zero-order valence-corrected chi connectivity index (χ0v) is 38.2. The Kier molecular flexibility index (Phi) is 12.0. The van der Waals surface area contributed by atoms with Crippen molar-refractivity contribution >= 4 is 44.7 Å². The molecule has 9 unspecified atom stereocenters. The number of fused-ring (bicyclic) bond motifs is 7. The Morgan fingerprint density at radius 1 is 0.954 bits per heavy atom. The predicted molar refractivity (Wildman–Crippen MR) is 239 cm³/mol. The van der Waals surface area contributed by atoms with Crippen molar-refractivity contribution in [2.24, 2.45) is 17.8 Å². The smallest absolute Gasteiger partial charge is 0.408 e. The molecule has 0 radical (unpaired) electrons. The number of ether oxygens (including phenoxy) is 4. The van der Waals surface area contributed by atoms with Crippen LogP contribution in [0.15, 0.2) is 36.9 Å². The van der Waals surface area contributed by atoms with E-state index < -0.39 is 68.2 Å². The maximum atomic E-state index is 15.2. The van der Waals surface area contributed by atoms with Crippen LogP contribution in [0.4, 0.5) is 4.79 Å². The Balaban J connectivity index is 0.997. The van der Waals surface area contributed by atoms with Crippen LogP contribution in [0.1, 0.15) is 115 Å². The average molecular weight is 917 g/mol. The number of aromatic nitrogens is 1. The Bertz CT molecular complexity index is 2310. The number of alkyl carbamates (subject to hydrolysis) is 1. The summed E-state index contributed by atoms with van der Waals surface area (Å²) in [6.07, 6.45) is 11.9. The van der Waals surface area contributed by atoms with Crippen molar-refractivity contribution in [1.82, 2.24) is 30.6 Å². The van der Waals surface area contributed by atoms with E-state index in [0.29, 0.717) is 43.9 Å². The molecule has 2 aromatic rings. The summed E-state index contributed by atoms with van der Waals surface area (Å²) >= 11 is 0. The summed E-state index contributed by atoms with van der Waals surface area (Å²) in [5, 5.41) is 10.4. The number of piperidine rings is 1. The standard InChI is InChI=1S/C48H64N6O10S/c1-3-30-24-48(30,45(57)53-65(59,60)47(2)18-19-47)52-42(55)38-23-34-25-54(38)44(56)40(28-12-6-4-7-13-28)51-46(58)64-39-20-29(39)14-8-5-9-16-36-41(35-15-10-11-17-37(35)50-43(36)63-34)62-33-21-31-26-61-27-32(22-33)49-31/h3,10-11,15,17,28-34,38-40,49H,1,4-9,12-14,16,18-27H2,2H3,(H,51,58)(H,52,55)(H,53,57). The lowest BCUT2D eigenvalue weighted by Gasteiger charge is -2.40. The summed E-state index contributed by atoms with van der Waals surface area (Å²) < 4.78 is 53.5. The van der Waals surface area contributed by atoms with Crippen LogP contribution in [0, 0.1) is 17.8 Å². The summed E-state index contributed by atoms with van der Waals surface area (Å²) in [5.74, 6) is -1.18. The summed E-state index contributed by atoms with van der Waals surface area (Å²) in [5.41, 5.74) is -0.0158. The van der Waals surface area contributed by atoms with Crippen LogP contribution in [0.3, 0.4) is 0 Å². The van der Waals surface area contributed by atoms with Crippen LogP contribution in [0.2, 0.25) is 0 Å². The van der Waals surface area contributed by atoms with E-state index in [9.17, 15) is 22.8 Å². The van der Waals surface area contributed by atoms with Crippen molar-refractivity contribution < 1.29 is 46.5 Å². The summed E-state index contributed by atoms with van der Waals surface area (Å²) in [4.78, 5) is 64.1. The van der Waals surface area contributed by atoms with Gasteiger partial charge in [0.2, 0.25) is 27.7 Å². The predicted octanol–water partition coefficient (Wildman–Crippen LogP) is 4.72. The van der Waals surface area contributed by atoms with Crippen molar-refractivity contribution in [3.8, 4) is 11.6 Å². The van der Waals surface area contributed by atoms with Gasteiger partial charge in [0.1, 0.15) is 41.7 Å². The van der Waals surface area contributed by atoms with Crippen molar-refractivity contribution in [1.29, 1.82) is 0 Å². The third-order valence-electron chi connectivity index (χ3n) is 15.7. The minimum Gasteiger partial charge on any atom is -0.489 e. The van der Waals surface area contributed by atoms with E-state index in [1.165, 1.54) is 4.90 Å². The second-order valence-corrected chi connectivity index (χ2v) is 22.7. The van der Waals surface area contributed by atoms with Crippen LogP contribution >= 0.6 is 0 Å². The van der Waals surface area contributed by atoms with Gasteiger partial charge in [0.25, 0.3) is 5.91 Å². The number of pyridine rings is 1. The van der Waals surface area contributed by atoms with Gasteiger partial charge in [0.15, 0.2) is 0 Å². The minimum atomic E-state index is -4.01. The highest BCUT2D eigenvalue weighted by atomic mass is 32.2. The molecule has 1 aromatic carbocycles. The average Bonchev–Trinajstić information content (AvgIpc) is 4.25. The first kappa shape index (κ1) is 44.4. The van der Waals surface area contributed by atoms with Gasteiger partial charge in [-0.2, -0.15) is 0 Å². The molecule has 65 heavy (non-hydrogen) atoms. The Morgan fingerprint density at radius 2 is 1.68 bits per heavy atom. The molecule has 7 fully saturated rings. The number of sulfonamides is 1. The molecule has 4 amide bonds. The highest BCUT2D eigenvalue weighted by Crippen LogP contribution is 2.48. The van der Waals surface area contributed by atoms with Gasteiger partial charge in [-0.25, -0.2) is 18.2 Å². The molecule has 4 aliphatic heterocycles. The molecule has 4 N–H and O–H groups in total. The first-order chi connectivity index (χ1) is 31.3. The lowest BCUT2D eigenvalue weighted by atomic mass is 9.83. The van der Waals surface area contributed by atoms with E-state index in [1.54, 1.807) is 13.0 Å². The van der Waals surface area contributed by atoms with Crippen molar-refractivity contribution in [3.63, 3.8) is 0 Å². The molecule has 8 aliphatic rings. The first-order valence-corrected chi connectivity index (χ1v) is 25.7. The van der Waals surface area contributed by atoms with Crippen molar-refractivity contribution in [2.75, 3.05) is 19.8 Å². The van der Waals surface area contributed by atoms with Crippen LogP contribution in [0.25, 0.3) is 10.9 Å². The Morgan fingerprint density at radius 3 is 2.40 bits per heavy atom. The van der Waals surface area contributed by atoms with E-state index in [4.69, 9.17) is 23.9 Å². The fourth-order valence-electron chi connectivity index (χ4n) is 11.2. The van der Waals surface area contributed by atoms with E-state index in [0.717, 1.165) is 93.7 Å². The summed E-state index contributed by atoms with van der Waals surface area (Å²) in [6, 6.07) is 6.20. The van der Waals surface area contributed by atoms with E-state index >= 15 is 4.79 Å². The van der Waals surface area contributed by atoms with E-state index in [2.05, 4.69) is 27.3 Å². The van der Waals surface area contributed by atoms with E-state index in [-0.39, 0.29) is 55.5 Å². The fourth-order valence-corrected chi connectivity index (χ4v) is 12.5. The summed E-state index contributed by atoms with van der Waals surface area (Å²) in [6.45, 7) is 6.73. The monoisotopic (exact) mass is 916 g/mol. The Labute approximate surface area is 381 Å². The molecule has 4 saturated carbocycles. The highest BCUT2D eigenvalue weighted by Gasteiger charge is 2.63. The number of hydrogen-bond acceptors (Lipinski definition) is 12. The van der Waals surface area contributed by atoms with Gasteiger partial charge in [0, 0.05) is 42.7 Å². The maximum absolute atomic E-state index is 15.2. The quantitative estimate of drug-likeness (QED) is 0.253. The summed E-state index contributed by atoms with van der Waals surface area (Å²) in [7, 11) is -4.01. The molecule has 4 bridgehead atoms. The maximum Gasteiger partial charge on any atom is 0.408 e. The normalized spacial score (nSPS) is 34.8. The number of morpholine rings is 1. The van der Waals surface area contributed by atoms with Gasteiger partial charge < -0.3 is 39.8 Å². The van der Waals surface area contributed by atoms with Gasteiger partial charge in [0.05, 0.1) is 35.6 Å². The molecular weight excluding hydrogens is 853 g/mol. The number of carbonyl (C=O) groups is 4. The molecule has 5 heterocycles. The molecule has 9 atom stereocenters. The third-order valence-corrected chi connectivity index (χ3v) is 17.8. The molecule has 10 rings (SSSR count). The van der Waals surface area contributed by atoms with E-state index in [1.807, 2.05) is 24.3 Å². The first-order valence-electron chi connectivity index (χ1n) is 24.2. The number of nitrogens with one attached hydrogen (secondary N) is 4. The van der Waals surface area contributed by atoms with Crippen LogP contribution in [0.5, 0.6) is 11.6 Å². The number of amides is 4. The zero-order valence-electron chi connectivity index (χ0n) is 37.4. The largest absolute Gasteiger partial charge is 0.489 e. The second-order valence-electron chi connectivity index (χ2n) is 20.5. The van der Waals surface area contributed by atoms with Crippen LogP contribution in [-0.4, -0.2) is 115 Å². The number of para-hydroxylation sites is 1. The molecule has 352 valence electrons.